The molecule has 42 heavy (non-hydrogen) atoms. The Morgan fingerprint density at radius 3 is 2.62 bits per heavy atom. The van der Waals surface area contributed by atoms with Gasteiger partial charge in [-0.05, 0) is 74.4 Å². The van der Waals surface area contributed by atoms with Crippen molar-refractivity contribution in [3.63, 3.8) is 0 Å². The zero-order chi connectivity index (χ0) is 30.6. The third-order valence-corrected chi connectivity index (χ3v) is 7.56. The van der Waals surface area contributed by atoms with E-state index in [1.54, 1.807) is 32.2 Å². The summed E-state index contributed by atoms with van der Waals surface area (Å²) in [6.07, 6.45) is 6.71. The summed E-state index contributed by atoms with van der Waals surface area (Å²) in [5.74, 6) is -2.95. The van der Waals surface area contributed by atoms with Crippen molar-refractivity contribution in [2.24, 2.45) is 4.99 Å². The van der Waals surface area contributed by atoms with Gasteiger partial charge in [-0.15, -0.1) is 0 Å². The molecular weight excluding hydrogens is 588 g/mol. The van der Waals surface area contributed by atoms with Crippen molar-refractivity contribution >= 4 is 41.0 Å². The van der Waals surface area contributed by atoms with E-state index in [1.807, 2.05) is 6.92 Å². The van der Waals surface area contributed by atoms with E-state index in [-0.39, 0.29) is 34.9 Å². The van der Waals surface area contributed by atoms with Crippen LogP contribution < -0.4 is 10.9 Å². The van der Waals surface area contributed by atoms with Gasteiger partial charge in [-0.25, -0.2) is 13.2 Å². The van der Waals surface area contributed by atoms with Crippen LogP contribution in [0.4, 0.5) is 13.2 Å². The van der Waals surface area contributed by atoms with Gasteiger partial charge >= 0.3 is 0 Å². The topological polar surface area (TPSA) is 76.3 Å². The third kappa shape index (κ3) is 7.02. The first-order chi connectivity index (χ1) is 20.0. The molecule has 4 rings (SSSR count). The van der Waals surface area contributed by atoms with Crippen molar-refractivity contribution < 1.29 is 18.0 Å². The van der Waals surface area contributed by atoms with Gasteiger partial charge in [0, 0.05) is 35.9 Å². The molecule has 1 fully saturated rings. The summed E-state index contributed by atoms with van der Waals surface area (Å²) in [5.41, 5.74) is 0.105. The number of carbonyl (C=O) groups is 1. The maximum atomic E-state index is 15.8. The number of halogens is 5. The average Bonchev–Trinajstić information content (AvgIpc) is 2.93. The quantitative estimate of drug-likeness (QED) is 0.255. The normalized spacial score (nSPS) is 18.2. The maximum absolute atomic E-state index is 15.8. The van der Waals surface area contributed by atoms with Crippen LogP contribution in [0.3, 0.4) is 0 Å². The minimum atomic E-state index is -1.03. The van der Waals surface area contributed by atoms with Crippen LogP contribution in [0.1, 0.15) is 65.3 Å². The molecule has 1 unspecified atom stereocenters. The third-order valence-electron chi connectivity index (χ3n) is 6.97. The van der Waals surface area contributed by atoms with Crippen molar-refractivity contribution in [3.05, 3.63) is 115 Å². The Morgan fingerprint density at radius 2 is 1.95 bits per heavy atom. The zero-order valence-corrected chi connectivity index (χ0v) is 24.7. The molecule has 0 spiro atoms. The molecule has 220 valence electrons. The first-order valence-electron chi connectivity index (χ1n) is 13.3. The molecule has 1 N–H and O–H groups in total. The van der Waals surface area contributed by atoms with Crippen LogP contribution in [0.2, 0.25) is 10.0 Å². The first kappa shape index (κ1) is 31.3. The molecule has 0 radical (unpaired) electrons. The number of nitrogens with zero attached hydrogens (tertiary/aromatic N) is 3. The second-order valence-electron chi connectivity index (χ2n) is 10.2. The molecule has 1 saturated carbocycles. The van der Waals surface area contributed by atoms with Crippen molar-refractivity contribution in [3.8, 4) is 0 Å². The fourth-order valence-corrected chi connectivity index (χ4v) is 5.23. The molecule has 1 amide bonds. The number of carbonyl (C=O) groups excluding carboxylic acids is 1. The van der Waals surface area contributed by atoms with Crippen molar-refractivity contribution in [1.82, 2.24) is 14.9 Å². The van der Waals surface area contributed by atoms with Crippen LogP contribution in [0.15, 0.2) is 70.6 Å². The SMILES string of the molecule is C/C=C/N=C(/C(F)=C/n1c(C)cc(C(C)Cc2cncc(Cl)c2)c(Cl)c1=O)c1cccc(C(=O)NC2CC(F)C2)c1F. The molecular formula is C31H29Cl2F3N4O2. The molecule has 1 atom stereocenters. The highest BCUT2D eigenvalue weighted by Gasteiger charge is 2.31. The minimum absolute atomic E-state index is 0.0876. The van der Waals surface area contributed by atoms with E-state index in [2.05, 4.69) is 15.3 Å². The lowest BCUT2D eigenvalue weighted by Gasteiger charge is -2.30. The Bertz CT molecular complexity index is 1650. The molecule has 2 heterocycles. The number of nitrogens with one attached hydrogen (secondary N) is 1. The van der Waals surface area contributed by atoms with Crippen LogP contribution in [0.25, 0.3) is 6.20 Å². The number of aromatic nitrogens is 2. The number of amides is 1. The Kier molecular flexibility index (Phi) is 10.1. The summed E-state index contributed by atoms with van der Waals surface area (Å²) in [6, 6.07) is 7.00. The Morgan fingerprint density at radius 1 is 1.24 bits per heavy atom. The van der Waals surface area contributed by atoms with Crippen LogP contribution in [-0.2, 0) is 6.42 Å². The van der Waals surface area contributed by atoms with Gasteiger partial charge in [-0.3, -0.25) is 24.1 Å². The van der Waals surface area contributed by atoms with E-state index in [4.69, 9.17) is 23.2 Å². The highest BCUT2D eigenvalue weighted by molar-refractivity contribution is 6.31. The van der Waals surface area contributed by atoms with Gasteiger partial charge in [-0.2, -0.15) is 0 Å². The molecule has 0 bridgehead atoms. The van der Waals surface area contributed by atoms with Gasteiger partial charge < -0.3 is 5.32 Å². The van der Waals surface area contributed by atoms with Gasteiger partial charge in [0.1, 0.15) is 22.7 Å². The second-order valence-corrected chi connectivity index (χ2v) is 11.0. The molecule has 1 aliphatic carbocycles. The lowest BCUT2D eigenvalue weighted by molar-refractivity contribution is 0.0856. The zero-order valence-electron chi connectivity index (χ0n) is 23.2. The maximum Gasteiger partial charge on any atom is 0.273 e. The molecule has 1 aromatic carbocycles. The molecule has 0 saturated heterocycles. The predicted octanol–water partition coefficient (Wildman–Crippen LogP) is 7.36. The van der Waals surface area contributed by atoms with Crippen molar-refractivity contribution in [1.29, 1.82) is 0 Å². The van der Waals surface area contributed by atoms with Crippen molar-refractivity contribution in [2.75, 3.05) is 0 Å². The smallest absolute Gasteiger partial charge is 0.273 e. The summed E-state index contributed by atoms with van der Waals surface area (Å²) in [4.78, 5) is 34.1. The number of hydrogen-bond acceptors (Lipinski definition) is 4. The second kappa shape index (κ2) is 13.5. The van der Waals surface area contributed by atoms with E-state index in [0.717, 1.165) is 16.3 Å². The first-order valence-corrected chi connectivity index (χ1v) is 14.1. The summed E-state index contributed by atoms with van der Waals surface area (Å²) in [6.45, 7) is 5.17. The lowest BCUT2D eigenvalue weighted by atomic mass is 9.90. The lowest BCUT2D eigenvalue weighted by Crippen LogP contribution is -2.45. The predicted molar refractivity (Wildman–Crippen MR) is 160 cm³/mol. The highest BCUT2D eigenvalue weighted by atomic mass is 35.5. The van der Waals surface area contributed by atoms with Crippen LogP contribution in [0.5, 0.6) is 0 Å². The number of hydrogen-bond donors (Lipinski definition) is 1. The van der Waals surface area contributed by atoms with Gasteiger partial charge in [0.2, 0.25) is 0 Å². The number of pyridine rings is 2. The van der Waals surface area contributed by atoms with E-state index >= 15 is 8.78 Å². The van der Waals surface area contributed by atoms with Gasteiger partial charge in [0.25, 0.3) is 11.5 Å². The molecule has 0 aliphatic heterocycles. The van der Waals surface area contributed by atoms with E-state index in [0.29, 0.717) is 22.7 Å². The molecule has 3 aromatic rings. The van der Waals surface area contributed by atoms with Crippen molar-refractivity contribution in [2.45, 2.75) is 58.2 Å². The van der Waals surface area contributed by atoms with E-state index < -0.39 is 41.0 Å². The number of benzene rings is 1. The summed E-state index contributed by atoms with van der Waals surface area (Å²) >= 11 is 12.5. The number of aryl methyl sites for hydroxylation is 1. The van der Waals surface area contributed by atoms with Gasteiger partial charge in [0.05, 0.1) is 16.8 Å². The molecule has 2 aromatic heterocycles. The fourth-order valence-electron chi connectivity index (χ4n) is 4.70. The molecule has 11 heteroatoms. The largest absolute Gasteiger partial charge is 0.349 e. The molecule has 1 aliphatic rings. The summed E-state index contributed by atoms with van der Waals surface area (Å²) in [5, 5.41) is 2.99. The van der Waals surface area contributed by atoms with Gasteiger partial charge in [0.15, 0.2) is 5.83 Å². The Balaban J connectivity index is 1.68. The minimum Gasteiger partial charge on any atom is -0.349 e. The van der Waals surface area contributed by atoms with Crippen LogP contribution in [-0.4, -0.2) is 33.4 Å². The Labute approximate surface area is 251 Å². The fraction of sp³-hybridized carbons (Fsp3) is 0.290. The highest BCUT2D eigenvalue weighted by Crippen LogP contribution is 2.28. The number of rotatable bonds is 9. The summed E-state index contributed by atoms with van der Waals surface area (Å²) in [7, 11) is 0. The average molecular weight is 617 g/mol. The summed E-state index contributed by atoms with van der Waals surface area (Å²) < 4.78 is 45.6. The van der Waals surface area contributed by atoms with E-state index in [9.17, 15) is 14.0 Å². The van der Waals surface area contributed by atoms with Crippen LogP contribution >= 0.6 is 23.2 Å². The van der Waals surface area contributed by atoms with Crippen LogP contribution in [0, 0.1) is 12.7 Å². The monoisotopic (exact) mass is 616 g/mol. The number of alkyl halides is 1. The number of allylic oxidation sites excluding steroid dienone is 2. The number of aliphatic imine (C=N–C) groups is 1. The van der Waals surface area contributed by atoms with E-state index in [1.165, 1.54) is 36.7 Å². The Hall–Kier alpha value is -3.69. The van der Waals surface area contributed by atoms with Gasteiger partial charge in [-0.1, -0.05) is 42.3 Å². The standard InChI is InChI=1S/C31H29Cl2F3N4O2/c1-4-8-38-29(23-6-5-7-24(28(23)36)30(41)39-22-12-21(34)13-22)26(35)16-40-18(3)10-25(27(33)31(40)42)17(2)9-19-11-20(32)15-37-14-19/h4-8,10-11,14-17,21-22H,9,12-13H2,1-3H3,(H,39,41)/b8-4+,26-16-,38-29+. The molecule has 6 nitrogen and oxygen atoms in total.